The van der Waals surface area contributed by atoms with Crippen molar-refractivity contribution in [1.29, 1.82) is 0 Å². The predicted octanol–water partition coefficient (Wildman–Crippen LogP) is 1.90. The number of rotatable bonds is 1. The van der Waals surface area contributed by atoms with Crippen LogP contribution in [0.5, 0.6) is 0 Å². The Morgan fingerprint density at radius 3 is 2.94 bits per heavy atom. The number of nitrogens with zero attached hydrogens (tertiary/aromatic N) is 2. The largest absolute Gasteiger partial charge is 0.469 e. The van der Waals surface area contributed by atoms with E-state index in [0.717, 1.165) is 5.71 Å². The molecule has 0 saturated carbocycles. The molecule has 1 fully saturated rings. The number of likely N-dealkylation sites (tertiary alicyclic amines) is 1. The van der Waals surface area contributed by atoms with E-state index in [9.17, 15) is 4.79 Å². The number of amides is 1. The fraction of sp³-hybridized carbons (Fsp3) is 0.500. The summed E-state index contributed by atoms with van der Waals surface area (Å²) in [4.78, 5) is 14.0. The molecule has 1 unspecified atom stereocenters. The molecule has 0 aromatic carbocycles. The van der Waals surface area contributed by atoms with Gasteiger partial charge in [-0.15, -0.1) is 0 Å². The number of hydrogen-bond donors (Lipinski definition) is 1. The first-order valence-corrected chi connectivity index (χ1v) is 5.67. The van der Waals surface area contributed by atoms with E-state index in [1.807, 2.05) is 6.92 Å². The minimum Gasteiger partial charge on any atom is -0.469 e. The van der Waals surface area contributed by atoms with Gasteiger partial charge in [0.15, 0.2) is 0 Å². The Labute approximate surface area is 99.7 Å². The molecule has 1 atom stereocenters. The molecule has 1 N–H and O–H groups in total. The van der Waals surface area contributed by atoms with Gasteiger partial charge in [0.25, 0.3) is 5.91 Å². The molecule has 5 nitrogen and oxygen atoms in total. The first-order chi connectivity index (χ1) is 8.13. The quantitative estimate of drug-likeness (QED) is 0.598. The van der Waals surface area contributed by atoms with Crippen molar-refractivity contribution in [2.24, 2.45) is 11.1 Å². The number of aryl methyl sites for hydroxylation is 1. The highest BCUT2D eigenvalue weighted by Crippen LogP contribution is 2.18. The number of furan rings is 1. The summed E-state index contributed by atoms with van der Waals surface area (Å²) in [5, 5.41) is 12.0. The minimum absolute atomic E-state index is 0.0138. The minimum atomic E-state index is -0.0138. The maximum atomic E-state index is 12.2. The Kier molecular flexibility index (Phi) is 3.17. The third-order valence-electron chi connectivity index (χ3n) is 3.21. The predicted molar refractivity (Wildman–Crippen MR) is 62.4 cm³/mol. The highest BCUT2D eigenvalue weighted by Gasteiger charge is 2.27. The molecule has 1 aliphatic rings. The molecule has 1 aromatic heterocycles. The fourth-order valence-corrected chi connectivity index (χ4v) is 2.13. The lowest BCUT2D eigenvalue weighted by atomic mass is 9.97. The second-order valence-corrected chi connectivity index (χ2v) is 4.38. The Balaban J connectivity index is 2.11. The maximum Gasteiger partial charge on any atom is 0.257 e. The van der Waals surface area contributed by atoms with E-state index in [1.165, 1.54) is 6.26 Å². The smallest absolute Gasteiger partial charge is 0.257 e. The summed E-state index contributed by atoms with van der Waals surface area (Å²) in [5.74, 6) is 0.731. The van der Waals surface area contributed by atoms with Gasteiger partial charge in [-0.2, -0.15) is 0 Å². The van der Waals surface area contributed by atoms with E-state index in [-0.39, 0.29) is 11.8 Å². The highest BCUT2D eigenvalue weighted by molar-refractivity contribution is 5.97. The summed E-state index contributed by atoms with van der Waals surface area (Å²) in [7, 11) is 0. The summed E-state index contributed by atoms with van der Waals surface area (Å²) in [6, 6.07) is 1.69. The number of piperidine rings is 1. The van der Waals surface area contributed by atoms with Crippen molar-refractivity contribution in [2.75, 3.05) is 13.1 Å². The molecule has 17 heavy (non-hydrogen) atoms. The fourth-order valence-electron chi connectivity index (χ4n) is 2.13. The molecule has 1 aliphatic heterocycles. The van der Waals surface area contributed by atoms with Gasteiger partial charge in [-0.3, -0.25) is 4.79 Å². The monoisotopic (exact) mass is 236 g/mol. The van der Waals surface area contributed by atoms with E-state index in [0.29, 0.717) is 30.8 Å². The molecule has 1 amide bonds. The van der Waals surface area contributed by atoms with Gasteiger partial charge in [-0.05, 0) is 13.0 Å². The molecule has 1 aromatic rings. The van der Waals surface area contributed by atoms with Crippen LogP contribution < -0.4 is 0 Å². The third-order valence-corrected chi connectivity index (χ3v) is 3.21. The molecule has 0 aliphatic carbocycles. The van der Waals surface area contributed by atoms with E-state index in [4.69, 9.17) is 9.62 Å². The molecule has 5 heteroatoms. The molecule has 0 bridgehead atoms. The van der Waals surface area contributed by atoms with Crippen LogP contribution >= 0.6 is 0 Å². The van der Waals surface area contributed by atoms with Gasteiger partial charge in [-0.25, -0.2) is 0 Å². The van der Waals surface area contributed by atoms with Gasteiger partial charge >= 0.3 is 0 Å². The SMILES string of the molecule is Cc1occc1C(=O)N1CC/C(=N\O)C(C)C1. The lowest BCUT2D eigenvalue weighted by Crippen LogP contribution is -2.43. The summed E-state index contributed by atoms with van der Waals surface area (Å²) in [6.45, 7) is 4.91. The van der Waals surface area contributed by atoms with Crippen LogP contribution in [0.15, 0.2) is 21.9 Å². The summed E-state index contributed by atoms with van der Waals surface area (Å²) >= 11 is 0. The summed E-state index contributed by atoms with van der Waals surface area (Å²) in [5.41, 5.74) is 1.37. The second kappa shape index (κ2) is 4.61. The second-order valence-electron chi connectivity index (χ2n) is 4.38. The Bertz CT molecular complexity index is 450. The molecule has 1 saturated heterocycles. The molecule has 2 rings (SSSR count). The van der Waals surface area contributed by atoms with Crippen molar-refractivity contribution in [2.45, 2.75) is 20.3 Å². The van der Waals surface area contributed by atoms with Gasteiger partial charge in [0.1, 0.15) is 5.76 Å². The van der Waals surface area contributed by atoms with Crippen molar-refractivity contribution in [3.8, 4) is 0 Å². The first-order valence-electron chi connectivity index (χ1n) is 5.67. The molecule has 0 spiro atoms. The van der Waals surface area contributed by atoms with Gasteiger partial charge in [0, 0.05) is 25.4 Å². The summed E-state index contributed by atoms with van der Waals surface area (Å²) < 4.78 is 5.13. The highest BCUT2D eigenvalue weighted by atomic mass is 16.4. The average Bonchev–Trinajstić information content (AvgIpc) is 2.74. The first kappa shape index (κ1) is 11.7. The number of hydrogen-bond acceptors (Lipinski definition) is 4. The standard InChI is InChI=1S/C12H16N2O3/c1-8-7-14(5-3-11(8)13-16)12(15)10-4-6-17-9(10)2/h4,6,8,16H,3,5,7H2,1-2H3/b13-11+. The Morgan fingerprint density at radius 2 is 2.41 bits per heavy atom. The molecule has 0 radical (unpaired) electrons. The van der Waals surface area contributed by atoms with Crippen LogP contribution in [0.2, 0.25) is 0 Å². The molecule has 92 valence electrons. The van der Waals surface area contributed by atoms with Crippen molar-refractivity contribution in [3.63, 3.8) is 0 Å². The van der Waals surface area contributed by atoms with E-state index < -0.39 is 0 Å². The molecular formula is C12H16N2O3. The molecular weight excluding hydrogens is 220 g/mol. The lowest BCUT2D eigenvalue weighted by molar-refractivity contribution is 0.0732. The van der Waals surface area contributed by atoms with Crippen LogP contribution in [-0.2, 0) is 0 Å². The zero-order valence-corrected chi connectivity index (χ0v) is 10.0. The van der Waals surface area contributed by atoms with E-state index in [1.54, 1.807) is 17.9 Å². The zero-order valence-electron chi connectivity index (χ0n) is 10.0. The topological polar surface area (TPSA) is 66.0 Å². The number of carbonyl (C=O) groups excluding carboxylic acids is 1. The Morgan fingerprint density at radius 1 is 1.65 bits per heavy atom. The number of oxime groups is 1. The normalized spacial score (nSPS) is 23.1. The van der Waals surface area contributed by atoms with E-state index >= 15 is 0 Å². The molecule has 2 heterocycles. The van der Waals surface area contributed by atoms with Crippen LogP contribution in [0.1, 0.15) is 29.5 Å². The van der Waals surface area contributed by atoms with Gasteiger partial charge in [-0.1, -0.05) is 12.1 Å². The van der Waals surface area contributed by atoms with Crippen LogP contribution in [0, 0.1) is 12.8 Å². The van der Waals surface area contributed by atoms with Crippen LogP contribution in [0.4, 0.5) is 0 Å². The Hall–Kier alpha value is -1.78. The van der Waals surface area contributed by atoms with Crippen molar-refractivity contribution in [3.05, 3.63) is 23.7 Å². The summed E-state index contributed by atoms with van der Waals surface area (Å²) in [6.07, 6.45) is 2.15. The van der Waals surface area contributed by atoms with E-state index in [2.05, 4.69) is 5.16 Å². The lowest BCUT2D eigenvalue weighted by Gasteiger charge is -2.31. The van der Waals surface area contributed by atoms with Crippen molar-refractivity contribution in [1.82, 2.24) is 4.90 Å². The van der Waals surface area contributed by atoms with Gasteiger partial charge < -0.3 is 14.5 Å². The van der Waals surface area contributed by atoms with Crippen molar-refractivity contribution < 1.29 is 14.4 Å². The van der Waals surface area contributed by atoms with Gasteiger partial charge in [0.05, 0.1) is 17.5 Å². The average molecular weight is 236 g/mol. The van der Waals surface area contributed by atoms with Crippen LogP contribution in [0.3, 0.4) is 0 Å². The third kappa shape index (κ3) is 2.18. The number of carbonyl (C=O) groups is 1. The van der Waals surface area contributed by atoms with Crippen LogP contribution in [0.25, 0.3) is 0 Å². The maximum absolute atomic E-state index is 12.2. The van der Waals surface area contributed by atoms with Crippen molar-refractivity contribution >= 4 is 11.6 Å². The zero-order chi connectivity index (χ0) is 12.4. The van der Waals surface area contributed by atoms with Gasteiger partial charge in [0.2, 0.25) is 0 Å². The van der Waals surface area contributed by atoms with Crippen LogP contribution in [-0.4, -0.2) is 34.8 Å².